The minimum atomic E-state index is -0.125. The van der Waals surface area contributed by atoms with Gasteiger partial charge in [0.2, 0.25) is 0 Å². The van der Waals surface area contributed by atoms with Crippen molar-refractivity contribution < 1.29 is 4.74 Å². The van der Waals surface area contributed by atoms with E-state index in [1.807, 2.05) is 6.07 Å². The molecule has 0 aliphatic rings. The molecule has 0 fully saturated rings. The van der Waals surface area contributed by atoms with Gasteiger partial charge in [-0.15, -0.1) is 0 Å². The average molecular weight is 249 g/mol. The van der Waals surface area contributed by atoms with Crippen molar-refractivity contribution in [2.45, 2.75) is 52.6 Å². The fraction of sp³-hybridized carbons (Fsp3) is 0.625. The molecule has 0 aromatic heterocycles. The Morgan fingerprint density at radius 2 is 1.89 bits per heavy atom. The van der Waals surface area contributed by atoms with Gasteiger partial charge in [0.1, 0.15) is 11.4 Å². The Morgan fingerprint density at radius 3 is 2.50 bits per heavy atom. The highest BCUT2D eigenvalue weighted by molar-refractivity contribution is 5.33. The molecule has 102 valence electrons. The Bertz CT molecular complexity index is 351. The Hall–Kier alpha value is -1.02. The Morgan fingerprint density at radius 1 is 1.17 bits per heavy atom. The van der Waals surface area contributed by atoms with Crippen LogP contribution in [0.5, 0.6) is 5.75 Å². The average Bonchev–Trinajstić information content (AvgIpc) is 2.40. The smallest absolute Gasteiger partial charge is 0.123 e. The second kappa shape index (κ2) is 7.42. The van der Waals surface area contributed by atoms with E-state index in [1.165, 1.54) is 5.56 Å². The lowest BCUT2D eigenvalue weighted by atomic mass is 10.0. The molecular weight excluding hydrogens is 222 g/mol. The lowest BCUT2D eigenvalue weighted by Gasteiger charge is -2.31. The molecule has 1 rings (SSSR count). The Balaban J connectivity index is 2.71. The van der Waals surface area contributed by atoms with Gasteiger partial charge >= 0.3 is 0 Å². The second-order valence-corrected chi connectivity index (χ2v) is 5.04. The molecule has 2 nitrogen and oxygen atoms in total. The van der Waals surface area contributed by atoms with Crippen molar-refractivity contribution in [2.75, 3.05) is 13.1 Å². The van der Waals surface area contributed by atoms with Crippen LogP contribution in [0.15, 0.2) is 24.3 Å². The van der Waals surface area contributed by atoms with Gasteiger partial charge in [0.15, 0.2) is 0 Å². The quantitative estimate of drug-likeness (QED) is 0.708. The fourth-order valence-corrected chi connectivity index (χ4v) is 1.92. The van der Waals surface area contributed by atoms with Crippen LogP contribution in [0.4, 0.5) is 0 Å². The third-order valence-electron chi connectivity index (χ3n) is 3.38. The standard InChI is InChI=1S/C16H27NO/c1-5-12-17-13-16(4,7-3)18-15-11-9-8-10-14(15)6-2/h8-11,17H,5-7,12-13H2,1-4H3. The third kappa shape index (κ3) is 4.34. The lowest BCUT2D eigenvalue weighted by molar-refractivity contribution is 0.0826. The van der Waals surface area contributed by atoms with Crippen molar-refractivity contribution in [2.24, 2.45) is 0 Å². The van der Waals surface area contributed by atoms with Gasteiger partial charge in [0.25, 0.3) is 0 Å². The zero-order valence-electron chi connectivity index (χ0n) is 12.3. The molecular formula is C16H27NO. The van der Waals surface area contributed by atoms with E-state index in [0.717, 1.165) is 38.1 Å². The molecule has 0 saturated heterocycles. The molecule has 0 heterocycles. The summed E-state index contributed by atoms with van der Waals surface area (Å²) >= 11 is 0. The summed E-state index contributed by atoms with van der Waals surface area (Å²) in [5, 5.41) is 3.46. The molecule has 0 aliphatic heterocycles. The molecule has 1 unspecified atom stereocenters. The summed E-state index contributed by atoms with van der Waals surface area (Å²) < 4.78 is 6.26. The van der Waals surface area contributed by atoms with Crippen molar-refractivity contribution in [1.29, 1.82) is 0 Å². The molecule has 0 amide bonds. The van der Waals surface area contributed by atoms with Gasteiger partial charge in [-0.1, -0.05) is 39.0 Å². The van der Waals surface area contributed by atoms with Gasteiger partial charge in [-0.25, -0.2) is 0 Å². The fourth-order valence-electron chi connectivity index (χ4n) is 1.92. The van der Waals surface area contributed by atoms with Gasteiger partial charge in [-0.2, -0.15) is 0 Å². The van der Waals surface area contributed by atoms with Crippen LogP contribution in [-0.2, 0) is 6.42 Å². The first kappa shape index (κ1) is 15.0. The number of ether oxygens (including phenoxy) is 1. The van der Waals surface area contributed by atoms with Crippen LogP contribution in [0.25, 0.3) is 0 Å². The topological polar surface area (TPSA) is 21.3 Å². The van der Waals surface area contributed by atoms with Crippen molar-refractivity contribution >= 4 is 0 Å². The molecule has 0 radical (unpaired) electrons. The van der Waals surface area contributed by atoms with E-state index < -0.39 is 0 Å². The monoisotopic (exact) mass is 249 g/mol. The summed E-state index contributed by atoms with van der Waals surface area (Å²) in [6, 6.07) is 8.34. The van der Waals surface area contributed by atoms with Crippen LogP contribution >= 0.6 is 0 Å². The summed E-state index contributed by atoms with van der Waals surface area (Å²) in [6.45, 7) is 10.7. The van der Waals surface area contributed by atoms with Crippen molar-refractivity contribution in [1.82, 2.24) is 5.32 Å². The minimum Gasteiger partial charge on any atom is -0.486 e. The van der Waals surface area contributed by atoms with Gasteiger partial charge < -0.3 is 10.1 Å². The van der Waals surface area contributed by atoms with Crippen LogP contribution in [0, 0.1) is 0 Å². The first-order chi connectivity index (χ1) is 8.65. The molecule has 1 aromatic carbocycles. The highest BCUT2D eigenvalue weighted by Gasteiger charge is 2.24. The number of hydrogen-bond acceptors (Lipinski definition) is 2. The molecule has 2 heteroatoms. The summed E-state index contributed by atoms with van der Waals surface area (Å²) in [6.07, 6.45) is 3.17. The zero-order valence-corrected chi connectivity index (χ0v) is 12.3. The second-order valence-electron chi connectivity index (χ2n) is 5.04. The van der Waals surface area contributed by atoms with Gasteiger partial charge in [0, 0.05) is 6.54 Å². The number of para-hydroxylation sites is 1. The van der Waals surface area contributed by atoms with E-state index in [-0.39, 0.29) is 5.60 Å². The Labute approximate surface area is 112 Å². The lowest BCUT2D eigenvalue weighted by Crippen LogP contribution is -2.43. The maximum atomic E-state index is 6.26. The third-order valence-corrected chi connectivity index (χ3v) is 3.38. The van der Waals surface area contributed by atoms with Gasteiger partial charge in [-0.05, 0) is 44.4 Å². The first-order valence-corrected chi connectivity index (χ1v) is 7.12. The molecule has 0 spiro atoms. The molecule has 0 bridgehead atoms. The van der Waals surface area contributed by atoms with E-state index >= 15 is 0 Å². The van der Waals surface area contributed by atoms with Crippen LogP contribution in [-0.4, -0.2) is 18.7 Å². The van der Waals surface area contributed by atoms with Crippen LogP contribution in [0.3, 0.4) is 0 Å². The van der Waals surface area contributed by atoms with Gasteiger partial charge in [0.05, 0.1) is 0 Å². The van der Waals surface area contributed by atoms with E-state index in [4.69, 9.17) is 4.74 Å². The van der Waals surface area contributed by atoms with Crippen LogP contribution in [0.2, 0.25) is 0 Å². The normalized spacial score (nSPS) is 14.2. The van der Waals surface area contributed by atoms with Gasteiger partial charge in [-0.3, -0.25) is 0 Å². The largest absolute Gasteiger partial charge is 0.486 e. The summed E-state index contributed by atoms with van der Waals surface area (Å²) in [5.74, 6) is 1.03. The number of nitrogens with one attached hydrogen (secondary N) is 1. The molecule has 18 heavy (non-hydrogen) atoms. The number of benzene rings is 1. The number of aryl methyl sites for hydroxylation is 1. The summed E-state index contributed by atoms with van der Waals surface area (Å²) in [5.41, 5.74) is 1.16. The summed E-state index contributed by atoms with van der Waals surface area (Å²) in [4.78, 5) is 0. The van der Waals surface area contributed by atoms with E-state index in [2.05, 4.69) is 51.2 Å². The molecule has 0 aliphatic carbocycles. The molecule has 1 aromatic rings. The van der Waals surface area contributed by atoms with Crippen LogP contribution in [0.1, 0.15) is 46.1 Å². The molecule has 1 atom stereocenters. The van der Waals surface area contributed by atoms with Crippen molar-refractivity contribution in [3.05, 3.63) is 29.8 Å². The zero-order chi connectivity index (χ0) is 13.4. The van der Waals surface area contributed by atoms with E-state index in [0.29, 0.717) is 0 Å². The molecule has 1 N–H and O–H groups in total. The van der Waals surface area contributed by atoms with Crippen LogP contribution < -0.4 is 10.1 Å². The highest BCUT2D eigenvalue weighted by Crippen LogP contribution is 2.25. The van der Waals surface area contributed by atoms with E-state index in [1.54, 1.807) is 0 Å². The highest BCUT2D eigenvalue weighted by atomic mass is 16.5. The van der Waals surface area contributed by atoms with Crippen molar-refractivity contribution in [3.63, 3.8) is 0 Å². The first-order valence-electron chi connectivity index (χ1n) is 7.12. The van der Waals surface area contributed by atoms with Crippen molar-refractivity contribution in [3.8, 4) is 5.75 Å². The number of rotatable bonds is 8. The molecule has 0 saturated carbocycles. The predicted octanol–water partition coefficient (Wildman–Crippen LogP) is 3.80. The Kier molecular flexibility index (Phi) is 6.20. The summed E-state index contributed by atoms with van der Waals surface area (Å²) in [7, 11) is 0. The predicted molar refractivity (Wildman–Crippen MR) is 78.3 cm³/mol. The maximum absolute atomic E-state index is 6.26. The number of hydrogen-bond donors (Lipinski definition) is 1. The minimum absolute atomic E-state index is 0.125. The maximum Gasteiger partial charge on any atom is 0.123 e. The van der Waals surface area contributed by atoms with E-state index in [9.17, 15) is 0 Å². The SMILES string of the molecule is CCCNCC(C)(CC)Oc1ccccc1CC.